The Hall–Kier alpha value is -2.70. The number of benzene rings is 2. The van der Waals surface area contributed by atoms with Gasteiger partial charge in [0.2, 0.25) is 11.8 Å². The summed E-state index contributed by atoms with van der Waals surface area (Å²) in [7, 11) is 3.90. The molecule has 3 rings (SSSR count). The lowest BCUT2D eigenvalue weighted by Gasteiger charge is -2.31. The first-order valence-electron chi connectivity index (χ1n) is 12.5. The first-order chi connectivity index (χ1) is 16.5. The molecule has 2 atom stereocenters. The quantitative estimate of drug-likeness (QED) is 0.476. The van der Waals surface area contributed by atoms with Gasteiger partial charge in [-0.15, -0.1) is 0 Å². The summed E-state index contributed by atoms with van der Waals surface area (Å²) in [5.74, 6) is 0.332. The maximum absolute atomic E-state index is 13.4. The lowest BCUT2D eigenvalue weighted by atomic mass is 9.84. The summed E-state index contributed by atoms with van der Waals surface area (Å²) < 4.78 is 0. The SMILES string of the molecule is CN(C)[C@H](CC1CCCCC1)C(=O)N[C@@H](Cc1ccccc1)C(=O)NCc1ccc(CN)cc1. The van der Waals surface area contributed by atoms with Gasteiger partial charge in [-0.3, -0.25) is 14.5 Å². The van der Waals surface area contributed by atoms with Crippen LogP contribution in [0.25, 0.3) is 0 Å². The van der Waals surface area contributed by atoms with Crippen molar-refractivity contribution >= 4 is 11.8 Å². The maximum Gasteiger partial charge on any atom is 0.243 e. The molecule has 0 bridgehead atoms. The average molecular weight is 465 g/mol. The molecule has 1 aliphatic rings. The Morgan fingerprint density at radius 1 is 0.912 bits per heavy atom. The third kappa shape index (κ3) is 7.96. The van der Waals surface area contributed by atoms with E-state index >= 15 is 0 Å². The maximum atomic E-state index is 13.4. The zero-order chi connectivity index (χ0) is 24.3. The van der Waals surface area contributed by atoms with Crippen LogP contribution in [0.5, 0.6) is 0 Å². The van der Waals surface area contributed by atoms with Crippen molar-refractivity contribution in [3.8, 4) is 0 Å². The van der Waals surface area contributed by atoms with Crippen LogP contribution < -0.4 is 16.4 Å². The van der Waals surface area contributed by atoms with Crippen LogP contribution in [0.3, 0.4) is 0 Å². The molecule has 6 heteroatoms. The number of likely N-dealkylation sites (N-methyl/N-ethyl adjacent to an activating group) is 1. The van der Waals surface area contributed by atoms with Crippen molar-refractivity contribution in [2.24, 2.45) is 11.7 Å². The fourth-order valence-electron chi connectivity index (χ4n) is 4.72. The van der Waals surface area contributed by atoms with Crippen LogP contribution in [0.15, 0.2) is 54.6 Å². The number of nitrogens with one attached hydrogen (secondary N) is 2. The van der Waals surface area contributed by atoms with E-state index in [2.05, 4.69) is 10.6 Å². The number of carbonyl (C=O) groups excluding carboxylic acids is 2. The zero-order valence-corrected chi connectivity index (χ0v) is 20.6. The van der Waals surface area contributed by atoms with Crippen LogP contribution >= 0.6 is 0 Å². The van der Waals surface area contributed by atoms with Gasteiger partial charge in [-0.1, -0.05) is 86.7 Å². The van der Waals surface area contributed by atoms with Gasteiger partial charge in [0.1, 0.15) is 6.04 Å². The van der Waals surface area contributed by atoms with Gasteiger partial charge in [0.15, 0.2) is 0 Å². The predicted molar refractivity (Wildman–Crippen MR) is 137 cm³/mol. The average Bonchev–Trinajstić information content (AvgIpc) is 2.86. The summed E-state index contributed by atoms with van der Waals surface area (Å²) in [6, 6.07) is 16.9. The number of amides is 2. The molecule has 0 heterocycles. The second-order valence-corrected chi connectivity index (χ2v) is 9.71. The Morgan fingerprint density at radius 3 is 2.18 bits per heavy atom. The second kappa shape index (κ2) is 13.3. The third-order valence-electron chi connectivity index (χ3n) is 6.85. The number of rotatable bonds is 11. The largest absolute Gasteiger partial charge is 0.350 e. The number of carbonyl (C=O) groups is 2. The summed E-state index contributed by atoms with van der Waals surface area (Å²) >= 11 is 0. The Balaban J connectivity index is 1.67. The highest BCUT2D eigenvalue weighted by Gasteiger charge is 2.29. The van der Waals surface area contributed by atoms with Gasteiger partial charge in [-0.25, -0.2) is 0 Å². The molecule has 6 nitrogen and oxygen atoms in total. The highest BCUT2D eigenvalue weighted by molar-refractivity contribution is 5.90. The molecule has 0 unspecified atom stereocenters. The fourth-order valence-corrected chi connectivity index (χ4v) is 4.72. The van der Waals surface area contributed by atoms with Crippen molar-refractivity contribution in [3.63, 3.8) is 0 Å². The molecule has 0 aliphatic heterocycles. The highest BCUT2D eigenvalue weighted by Crippen LogP contribution is 2.28. The van der Waals surface area contributed by atoms with Crippen LogP contribution in [-0.2, 0) is 29.1 Å². The molecule has 4 N–H and O–H groups in total. The van der Waals surface area contributed by atoms with E-state index in [0.29, 0.717) is 25.4 Å². The molecule has 0 radical (unpaired) electrons. The van der Waals surface area contributed by atoms with E-state index in [4.69, 9.17) is 5.73 Å². The van der Waals surface area contributed by atoms with Crippen LogP contribution in [0.2, 0.25) is 0 Å². The molecule has 0 aromatic heterocycles. The first-order valence-corrected chi connectivity index (χ1v) is 12.5. The fraction of sp³-hybridized carbons (Fsp3) is 0.500. The van der Waals surface area contributed by atoms with Gasteiger partial charge in [0.25, 0.3) is 0 Å². The lowest BCUT2D eigenvalue weighted by molar-refractivity contribution is -0.132. The predicted octanol–water partition coefficient (Wildman–Crippen LogP) is 3.39. The topological polar surface area (TPSA) is 87.5 Å². The van der Waals surface area contributed by atoms with Crippen molar-refractivity contribution in [1.82, 2.24) is 15.5 Å². The molecule has 2 aromatic carbocycles. The summed E-state index contributed by atoms with van der Waals surface area (Å²) in [5.41, 5.74) is 8.74. The molecule has 34 heavy (non-hydrogen) atoms. The van der Waals surface area contributed by atoms with Gasteiger partial charge in [-0.05, 0) is 43.1 Å². The normalized spacial score (nSPS) is 16.1. The van der Waals surface area contributed by atoms with E-state index in [1.807, 2.05) is 73.6 Å². The van der Waals surface area contributed by atoms with E-state index in [1.165, 1.54) is 32.1 Å². The molecule has 0 spiro atoms. The van der Waals surface area contributed by atoms with Crippen LogP contribution in [0.4, 0.5) is 0 Å². The standard InChI is InChI=1S/C28H40N4O2/c1-32(2)26(18-22-11-7-4-8-12-22)28(34)31-25(17-21-9-5-3-6-10-21)27(33)30-20-24-15-13-23(19-29)14-16-24/h3,5-6,9-10,13-16,22,25-26H,4,7-8,11-12,17-20,29H2,1-2H3,(H,30,33)(H,31,34)/t25-,26+/m0/s1. The highest BCUT2D eigenvalue weighted by atomic mass is 16.2. The minimum Gasteiger partial charge on any atom is -0.350 e. The van der Waals surface area contributed by atoms with Gasteiger partial charge in [0, 0.05) is 19.5 Å². The smallest absolute Gasteiger partial charge is 0.243 e. The molecule has 0 saturated heterocycles. The molecule has 2 amide bonds. The molecule has 1 aliphatic carbocycles. The number of nitrogens with two attached hydrogens (primary N) is 1. The van der Waals surface area contributed by atoms with E-state index in [-0.39, 0.29) is 17.9 Å². The van der Waals surface area contributed by atoms with Crippen molar-refractivity contribution in [1.29, 1.82) is 0 Å². The van der Waals surface area contributed by atoms with Gasteiger partial charge < -0.3 is 16.4 Å². The summed E-state index contributed by atoms with van der Waals surface area (Å²) in [4.78, 5) is 28.6. The number of hydrogen-bond acceptors (Lipinski definition) is 4. The Morgan fingerprint density at radius 2 is 1.56 bits per heavy atom. The van der Waals surface area contributed by atoms with Crippen molar-refractivity contribution in [2.45, 2.75) is 70.1 Å². The van der Waals surface area contributed by atoms with E-state index < -0.39 is 6.04 Å². The van der Waals surface area contributed by atoms with Crippen LogP contribution in [0.1, 0.15) is 55.2 Å². The van der Waals surface area contributed by atoms with Crippen molar-refractivity contribution in [2.75, 3.05) is 14.1 Å². The minimum absolute atomic E-state index is 0.0704. The first kappa shape index (κ1) is 25.9. The van der Waals surface area contributed by atoms with Crippen molar-refractivity contribution < 1.29 is 9.59 Å². The molecular weight excluding hydrogens is 424 g/mol. The Bertz CT molecular complexity index is 892. The molecular formula is C28H40N4O2. The van der Waals surface area contributed by atoms with Gasteiger partial charge >= 0.3 is 0 Å². The van der Waals surface area contributed by atoms with E-state index in [1.54, 1.807) is 0 Å². The van der Waals surface area contributed by atoms with Gasteiger partial charge in [-0.2, -0.15) is 0 Å². The van der Waals surface area contributed by atoms with E-state index in [0.717, 1.165) is 23.1 Å². The second-order valence-electron chi connectivity index (χ2n) is 9.71. The molecule has 184 valence electrons. The minimum atomic E-state index is -0.632. The van der Waals surface area contributed by atoms with Gasteiger partial charge in [0.05, 0.1) is 6.04 Å². The number of nitrogens with zero attached hydrogens (tertiary/aromatic N) is 1. The zero-order valence-electron chi connectivity index (χ0n) is 20.6. The molecule has 1 fully saturated rings. The molecule has 1 saturated carbocycles. The Labute approximate surface area is 204 Å². The summed E-state index contributed by atoms with van der Waals surface area (Å²) in [5, 5.41) is 6.09. The summed E-state index contributed by atoms with van der Waals surface area (Å²) in [6.45, 7) is 0.899. The Kier molecular flexibility index (Phi) is 10.1. The molecule has 2 aromatic rings. The van der Waals surface area contributed by atoms with E-state index in [9.17, 15) is 9.59 Å². The van der Waals surface area contributed by atoms with Crippen LogP contribution in [-0.4, -0.2) is 42.9 Å². The number of hydrogen-bond donors (Lipinski definition) is 3. The lowest BCUT2D eigenvalue weighted by Crippen LogP contribution is -2.53. The van der Waals surface area contributed by atoms with Crippen molar-refractivity contribution in [3.05, 3.63) is 71.3 Å². The monoisotopic (exact) mass is 464 g/mol. The van der Waals surface area contributed by atoms with Crippen LogP contribution in [0, 0.1) is 5.92 Å². The summed E-state index contributed by atoms with van der Waals surface area (Å²) in [6.07, 6.45) is 7.46. The third-order valence-corrected chi connectivity index (χ3v) is 6.85.